The van der Waals surface area contributed by atoms with Crippen molar-refractivity contribution in [1.29, 1.82) is 0 Å². The average molecular weight is 269 g/mol. The molecule has 0 aliphatic carbocycles. The van der Waals surface area contributed by atoms with Crippen LogP contribution in [-0.2, 0) is 0 Å². The lowest BCUT2D eigenvalue weighted by atomic mass is 10.0. The van der Waals surface area contributed by atoms with E-state index in [1.54, 1.807) is 24.3 Å². The first-order chi connectivity index (χ1) is 8.11. The maximum absolute atomic E-state index is 12.9. The number of hydrogen-bond donors (Lipinski definition) is 0. The van der Waals surface area contributed by atoms with Gasteiger partial charge in [0.05, 0.1) is 5.02 Å². The summed E-state index contributed by atoms with van der Waals surface area (Å²) in [5.74, 6) is -0.403. The topological polar surface area (TPSA) is 17.1 Å². The second kappa shape index (κ2) is 4.86. The van der Waals surface area contributed by atoms with Crippen LogP contribution in [0.3, 0.4) is 0 Å². The van der Waals surface area contributed by atoms with Crippen LogP contribution in [-0.4, -0.2) is 6.29 Å². The first-order valence-electron chi connectivity index (χ1n) is 4.82. The van der Waals surface area contributed by atoms with Crippen LogP contribution in [0.5, 0.6) is 0 Å². The summed E-state index contributed by atoms with van der Waals surface area (Å²) in [5, 5.41) is 0.689. The molecule has 0 bridgehead atoms. The highest BCUT2D eigenvalue weighted by atomic mass is 35.5. The molecule has 0 aliphatic rings. The Labute approximate surface area is 108 Å². The van der Waals surface area contributed by atoms with Crippen LogP contribution < -0.4 is 0 Å². The summed E-state index contributed by atoms with van der Waals surface area (Å²) in [6.45, 7) is 0. The fourth-order valence-electron chi connectivity index (χ4n) is 1.53. The molecule has 0 amide bonds. The summed E-state index contributed by atoms with van der Waals surface area (Å²) in [6.07, 6.45) is 0.710. The molecule has 4 heteroatoms. The van der Waals surface area contributed by atoms with Crippen LogP contribution in [0.2, 0.25) is 10.0 Å². The smallest absolute Gasteiger partial charge is 0.150 e. The van der Waals surface area contributed by atoms with Gasteiger partial charge in [0.1, 0.15) is 12.1 Å². The lowest BCUT2D eigenvalue weighted by Gasteiger charge is -2.07. The van der Waals surface area contributed by atoms with Gasteiger partial charge in [-0.2, -0.15) is 0 Å². The number of aldehydes is 1. The summed E-state index contributed by atoms with van der Waals surface area (Å²) in [4.78, 5) is 10.6. The van der Waals surface area contributed by atoms with E-state index in [1.165, 1.54) is 12.1 Å². The summed E-state index contributed by atoms with van der Waals surface area (Å²) >= 11 is 12.0. The van der Waals surface area contributed by atoms with Crippen LogP contribution in [0, 0.1) is 5.82 Å². The SMILES string of the molecule is O=Cc1ccc(-c2ccc(F)cc2Cl)c(Cl)c1. The third-order valence-corrected chi connectivity index (χ3v) is 2.98. The van der Waals surface area contributed by atoms with E-state index in [0.717, 1.165) is 0 Å². The maximum Gasteiger partial charge on any atom is 0.150 e. The summed E-state index contributed by atoms with van der Waals surface area (Å²) in [6, 6.07) is 8.95. The molecule has 0 aromatic heterocycles. The van der Waals surface area contributed by atoms with Crippen molar-refractivity contribution in [1.82, 2.24) is 0 Å². The van der Waals surface area contributed by atoms with Crippen LogP contribution in [0.25, 0.3) is 11.1 Å². The zero-order valence-electron chi connectivity index (χ0n) is 8.58. The number of halogens is 3. The Morgan fingerprint density at radius 2 is 1.53 bits per heavy atom. The van der Waals surface area contributed by atoms with E-state index >= 15 is 0 Å². The molecule has 2 aromatic rings. The molecule has 0 radical (unpaired) electrons. The van der Waals surface area contributed by atoms with E-state index < -0.39 is 5.82 Å². The maximum atomic E-state index is 12.9. The molecule has 86 valence electrons. The summed E-state index contributed by atoms with van der Waals surface area (Å²) in [5.41, 5.74) is 1.79. The molecule has 0 unspecified atom stereocenters. The molecule has 0 saturated heterocycles. The Bertz CT molecular complexity index is 582. The minimum atomic E-state index is -0.403. The Balaban J connectivity index is 2.56. The zero-order valence-corrected chi connectivity index (χ0v) is 10.1. The van der Waals surface area contributed by atoms with Gasteiger partial charge in [0.15, 0.2) is 0 Å². The number of benzene rings is 2. The van der Waals surface area contributed by atoms with Gasteiger partial charge in [-0.05, 0) is 24.3 Å². The van der Waals surface area contributed by atoms with Gasteiger partial charge in [-0.25, -0.2) is 4.39 Å². The van der Waals surface area contributed by atoms with E-state index in [-0.39, 0.29) is 5.02 Å². The second-order valence-corrected chi connectivity index (χ2v) is 4.30. The highest BCUT2D eigenvalue weighted by molar-refractivity contribution is 6.36. The summed E-state index contributed by atoms with van der Waals surface area (Å²) in [7, 11) is 0. The molecule has 0 N–H and O–H groups in total. The normalized spacial score (nSPS) is 10.3. The highest BCUT2D eigenvalue weighted by Crippen LogP contribution is 2.33. The van der Waals surface area contributed by atoms with E-state index in [1.807, 2.05) is 0 Å². The average Bonchev–Trinajstić information content (AvgIpc) is 2.30. The minimum absolute atomic E-state index is 0.283. The van der Waals surface area contributed by atoms with E-state index in [2.05, 4.69) is 0 Å². The van der Waals surface area contributed by atoms with Gasteiger partial charge in [0.2, 0.25) is 0 Å². The first-order valence-corrected chi connectivity index (χ1v) is 5.57. The molecule has 0 atom stereocenters. The largest absolute Gasteiger partial charge is 0.298 e. The van der Waals surface area contributed by atoms with Gasteiger partial charge in [0, 0.05) is 21.7 Å². The Morgan fingerprint density at radius 1 is 0.941 bits per heavy atom. The van der Waals surface area contributed by atoms with Crippen molar-refractivity contribution in [3.63, 3.8) is 0 Å². The number of carbonyl (C=O) groups is 1. The van der Waals surface area contributed by atoms with Crippen LogP contribution in [0.1, 0.15) is 10.4 Å². The zero-order chi connectivity index (χ0) is 12.4. The first kappa shape index (κ1) is 12.1. The van der Waals surface area contributed by atoms with Gasteiger partial charge < -0.3 is 0 Å². The van der Waals surface area contributed by atoms with Crippen LogP contribution in [0.15, 0.2) is 36.4 Å². The van der Waals surface area contributed by atoms with Gasteiger partial charge in [-0.1, -0.05) is 35.3 Å². The van der Waals surface area contributed by atoms with Crippen molar-refractivity contribution in [2.24, 2.45) is 0 Å². The Kier molecular flexibility index (Phi) is 3.46. The van der Waals surface area contributed by atoms with E-state index in [0.29, 0.717) is 28.0 Å². The van der Waals surface area contributed by atoms with Crippen molar-refractivity contribution in [2.45, 2.75) is 0 Å². The predicted molar refractivity (Wildman–Crippen MR) is 67.2 cm³/mol. The lowest BCUT2D eigenvalue weighted by Crippen LogP contribution is -1.86. The molecule has 2 rings (SSSR count). The molecule has 1 nitrogen and oxygen atoms in total. The van der Waals surface area contributed by atoms with Gasteiger partial charge >= 0.3 is 0 Å². The predicted octanol–water partition coefficient (Wildman–Crippen LogP) is 4.61. The monoisotopic (exact) mass is 268 g/mol. The third-order valence-electron chi connectivity index (χ3n) is 2.35. The standard InChI is InChI=1S/C13H7Cl2FO/c14-12-5-8(7-17)1-3-10(12)11-4-2-9(16)6-13(11)15/h1-7H. The van der Waals surface area contributed by atoms with Crippen molar-refractivity contribution in [3.05, 3.63) is 57.8 Å². The van der Waals surface area contributed by atoms with Gasteiger partial charge in [0.25, 0.3) is 0 Å². The highest BCUT2D eigenvalue weighted by Gasteiger charge is 2.09. The molecule has 2 aromatic carbocycles. The lowest BCUT2D eigenvalue weighted by molar-refractivity contribution is 0.112. The van der Waals surface area contributed by atoms with Crippen molar-refractivity contribution < 1.29 is 9.18 Å². The molecule has 17 heavy (non-hydrogen) atoms. The molecule has 0 aliphatic heterocycles. The molecule has 0 spiro atoms. The van der Waals surface area contributed by atoms with Crippen LogP contribution in [0.4, 0.5) is 4.39 Å². The van der Waals surface area contributed by atoms with E-state index in [9.17, 15) is 9.18 Å². The third kappa shape index (κ3) is 2.48. The van der Waals surface area contributed by atoms with Crippen LogP contribution >= 0.6 is 23.2 Å². The number of hydrogen-bond acceptors (Lipinski definition) is 1. The second-order valence-electron chi connectivity index (χ2n) is 3.48. The molecular weight excluding hydrogens is 262 g/mol. The molecule has 0 heterocycles. The number of carbonyl (C=O) groups excluding carboxylic acids is 1. The molecular formula is C13H7Cl2FO. The van der Waals surface area contributed by atoms with Crippen molar-refractivity contribution in [3.8, 4) is 11.1 Å². The molecule has 0 saturated carbocycles. The summed E-state index contributed by atoms with van der Waals surface area (Å²) < 4.78 is 12.9. The van der Waals surface area contributed by atoms with Crippen molar-refractivity contribution >= 4 is 29.5 Å². The van der Waals surface area contributed by atoms with Crippen molar-refractivity contribution in [2.75, 3.05) is 0 Å². The number of rotatable bonds is 2. The Morgan fingerprint density at radius 3 is 2.06 bits per heavy atom. The van der Waals surface area contributed by atoms with Gasteiger partial charge in [-0.15, -0.1) is 0 Å². The van der Waals surface area contributed by atoms with Gasteiger partial charge in [-0.3, -0.25) is 4.79 Å². The fraction of sp³-hybridized carbons (Fsp3) is 0. The molecule has 0 fully saturated rings. The Hall–Kier alpha value is -1.38. The minimum Gasteiger partial charge on any atom is -0.298 e. The fourth-order valence-corrected chi connectivity index (χ4v) is 2.09. The quantitative estimate of drug-likeness (QED) is 0.727. The van der Waals surface area contributed by atoms with E-state index in [4.69, 9.17) is 23.2 Å².